The Hall–Kier alpha value is -0.830. The van der Waals surface area contributed by atoms with Crippen molar-refractivity contribution in [1.82, 2.24) is 10.2 Å². The maximum atomic E-state index is 10.8. The first-order valence-electron chi connectivity index (χ1n) is 5.83. The number of hydrogen-bond acceptors (Lipinski definition) is 3. The number of allylic oxidation sites excluding steroid dienone is 2. The highest BCUT2D eigenvalue weighted by Gasteiger charge is 2.09. The van der Waals surface area contributed by atoms with Gasteiger partial charge in [0.25, 0.3) is 0 Å². The summed E-state index contributed by atoms with van der Waals surface area (Å²) >= 11 is 0. The molecule has 1 rings (SSSR count). The van der Waals surface area contributed by atoms with Gasteiger partial charge in [0.1, 0.15) is 0 Å². The highest BCUT2D eigenvalue weighted by atomic mass is 16.1. The van der Waals surface area contributed by atoms with Gasteiger partial charge in [-0.15, -0.1) is 0 Å². The number of nitrogens with one attached hydrogen (secondary N) is 1. The van der Waals surface area contributed by atoms with E-state index in [1.165, 1.54) is 32.5 Å². The molecule has 0 bridgehead atoms. The molecule has 0 saturated carbocycles. The first-order valence-corrected chi connectivity index (χ1v) is 5.83. The number of hydrogen-bond donors (Lipinski definition) is 1. The zero-order valence-electron chi connectivity index (χ0n) is 9.88. The average molecular weight is 210 g/mol. The van der Waals surface area contributed by atoms with Gasteiger partial charge in [-0.2, -0.15) is 0 Å². The molecule has 0 aromatic carbocycles. The molecule has 86 valence electrons. The number of likely N-dealkylation sites (tertiary alicyclic amines) is 1. The van der Waals surface area contributed by atoms with Crippen molar-refractivity contribution in [2.24, 2.45) is 0 Å². The molecule has 0 unspecified atom stereocenters. The Labute approximate surface area is 92.5 Å². The number of carbonyl (C=O) groups excluding carboxylic acids is 1. The van der Waals surface area contributed by atoms with E-state index in [2.05, 4.69) is 10.2 Å². The van der Waals surface area contributed by atoms with Gasteiger partial charge in [-0.25, -0.2) is 0 Å². The van der Waals surface area contributed by atoms with E-state index in [1.807, 2.05) is 6.92 Å². The van der Waals surface area contributed by atoms with Gasteiger partial charge in [-0.1, -0.05) is 0 Å². The predicted molar refractivity (Wildman–Crippen MR) is 62.7 cm³/mol. The molecule has 3 heteroatoms. The lowest BCUT2D eigenvalue weighted by atomic mass is 10.3. The summed E-state index contributed by atoms with van der Waals surface area (Å²) < 4.78 is 0. The second-order valence-electron chi connectivity index (χ2n) is 4.27. The number of rotatable bonds is 6. The van der Waals surface area contributed by atoms with Gasteiger partial charge >= 0.3 is 0 Å². The molecule has 15 heavy (non-hydrogen) atoms. The van der Waals surface area contributed by atoms with Crippen LogP contribution in [0.1, 0.15) is 33.1 Å². The van der Waals surface area contributed by atoms with Crippen LogP contribution in [-0.2, 0) is 4.79 Å². The van der Waals surface area contributed by atoms with E-state index in [1.54, 1.807) is 13.0 Å². The molecule has 1 heterocycles. The van der Waals surface area contributed by atoms with E-state index in [4.69, 9.17) is 0 Å². The Morgan fingerprint density at radius 2 is 2.00 bits per heavy atom. The summed E-state index contributed by atoms with van der Waals surface area (Å²) in [5.74, 6) is 0.111. The molecule has 0 radical (unpaired) electrons. The molecule has 3 nitrogen and oxygen atoms in total. The predicted octanol–water partition coefficient (Wildman–Crippen LogP) is 1.55. The summed E-state index contributed by atoms with van der Waals surface area (Å²) in [6.07, 6.45) is 5.52. The first-order chi connectivity index (χ1) is 7.18. The lowest BCUT2D eigenvalue weighted by molar-refractivity contribution is -0.112. The summed E-state index contributed by atoms with van der Waals surface area (Å²) in [4.78, 5) is 13.3. The molecule has 1 N–H and O–H groups in total. The van der Waals surface area contributed by atoms with Crippen molar-refractivity contribution in [3.05, 3.63) is 11.8 Å². The largest absolute Gasteiger partial charge is 0.388 e. The van der Waals surface area contributed by atoms with Gasteiger partial charge < -0.3 is 10.2 Å². The van der Waals surface area contributed by atoms with Crippen LogP contribution in [-0.4, -0.2) is 36.9 Å². The van der Waals surface area contributed by atoms with Crippen LogP contribution in [0.5, 0.6) is 0 Å². The fourth-order valence-corrected chi connectivity index (χ4v) is 1.95. The number of nitrogens with zero attached hydrogens (tertiary/aromatic N) is 1. The van der Waals surface area contributed by atoms with Crippen LogP contribution >= 0.6 is 0 Å². The summed E-state index contributed by atoms with van der Waals surface area (Å²) in [5.41, 5.74) is 0.976. The Kier molecular flexibility index (Phi) is 5.40. The molecule has 1 aliphatic rings. The van der Waals surface area contributed by atoms with Crippen molar-refractivity contribution < 1.29 is 4.79 Å². The zero-order chi connectivity index (χ0) is 11.1. The van der Waals surface area contributed by atoms with Crippen molar-refractivity contribution in [3.63, 3.8) is 0 Å². The van der Waals surface area contributed by atoms with Crippen molar-refractivity contribution in [2.45, 2.75) is 33.1 Å². The third-order valence-corrected chi connectivity index (χ3v) is 2.67. The van der Waals surface area contributed by atoms with E-state index in [0.717, 1.165) is 18.7 Å². The van der Waals surface area contributed by atoms with E-state index in [-0.39, 0.29) is 5.78 Å². The molecular formula is C12H22N2O. The molecule has 1 aliphatic heterocycles. The normalized spacial score (nSPS) is 18.1. The third kappa shape index (κ3) is 5.57. The van der Waals surface area contributed by atoms with E-state index in [9.17, 15) is 4.79 Å². The SMILES string of the molecule is CC(=O)C=C(C)NCCCN1CCCC1. The lowest BCUT2D eigenvalue weighted by Crippen LogP contribution is -2.24. The summed E-state index contributed by atoms with van der Waals surface area (Å²) in [5, 5.41) is 3.25. The lowest BCUT2D eigenvalue weighted by Gasteiger charge is -2.14. The molecule has 0 spiro atoms. The molecule has 1 fully saturated rings. The van der Waals surface area contributed by atoms with Crippen LogP contribution in [0.3, 0.4) is 0 Å². The topological polar surface area (TPSA) is 32.3 Å². The smallest absolute Gasteiger partial charge is 0.154 e. The molecule has 0 amide bonds. The molecule has 0 aromatic heterocycles. The Balaban J connectivity index is 2.03. The van der Waals surface area contributed by atoms with Crippen molar-refractivity contribution in [2.75, 3.05) is 26.2 Å². The van der Waals surface area contributed by atoms with Crippen LogP contribution in [0.2, 0.25) is 0 Å². The minimum absolute atomic E-state index is 0.111. The van der Waals surface area contributed by atoms with Gasteiger partial charge in [-0.05, 0) is 58.8 Å². The van der Waals surface area contributed by atoms with Crippen LogP contribution < -0.4 is 5.32 Å². The quantitative estimate of drug-likeness (QED) is 0.533. The minimum Gasteiger partial charge on any atom is -0.388 e. The van der Waals surface area contributed by atoms with E-state index >= 15 is 0 Å². The second-order valence-corrected chi connectivity index (χ2v) is 4.27. The first kappa shape index (κ1) is 12.2. The van der Waals surface area contributed by atoms with Crippen LogP contribution in [0.15, 0.2) is 11.8 Å². The number of carbonyl (C=O) groups is 1. The highest BCUT2D eigenvalue weighted by molar-refractivity contribution is 5.87. The molecule has 1 saturated heterocycles. The van der Waals surface area contributed by atoms with Gasteiger partial charge in [0.15, 0.2) is 5.78 Å². The second kappa shape index (κ2) is 6.62. The fraction of sp³-hybridized carbons (Fsp3) is 0.750. The summed E-state index contributed by atoms with van der Waals surface area (Å²) in [6.45, 7) is 8.20. The molecule has 0 aromatic rings. The van der Waals surface area contributed by atoms with Crippen molar-refractivity contribution in [3.8, 4) is 0 Å². The minimum atomic E-state index is 0.111. The summed E-state index contributed by atoms with van der Waals surface area (Å²) in [7, 11) is 0. The van der Waals surface area contributed by atoms with Crippen LogP contribution in [0, 0.1) is 0 Å². The molecular weight excluding hydrogens is 188 g/mol. The van der Waals surface area contributed by atoms with E-state index in [0.29, 0.717) is 0 Å². The van der Waals surface area contributed by atoms with Crippen LogP contribution in [0.25, 0.3) is 0 Å². The monoisotopic (exact) mass is 210 g/mol. The van der Waals surface area contributed by atoms with Gasteiger partial charge in [0, 0.05) is 12.2 Å². The van der Waals surface area contributed by atoms with Gasteiger partial charge in [-0.3, -0.25) is 4.79 Å². The van der Waals surface area contributed by atoms with E-state index < -0.39 is 0 Å². The highest BCUT2D eigenvalue weighted by Crippen LogP contribution is 2.06. The standard InChI is InChI=1S/C12H22N2O/c1-11(10-12(2)15)13-6-5-9-14-7-3-4-8-14/h10,13H,3-9H2,1-2H3. The zero-order valence-corrected chi connectivity index (χ0v) is 9.88. The maximum absolute atomic E-state index is 10.8. The Morgan fingerprint density at radius 1 is 1.33 bits per heavy atom. The van der Waals surface area contributed by atoms with Crippen molar-refractivity contribution >= 4 is 5.78 Å². The van der Waals surface area contributed by atoms with Crippen LogP contribution in [0.4, 0.5) is 0 Å². The Morgan fingerprint density at radius 3 is 2.60 bits per heavy atom. The third-order valence-electron chi connectivity index (χ3n) is 2.67. The number of ketones is 1. The fourth-order valence-electron chi connectivity index (χ4n) is 1.95. The average Bonchev–Trinajstić information content (AvgIpc) is 2.63. The maximum Gasteiger partial charge on any atom is 0.154 e. The summed E-state index contributed by atoms with van der Waals surface area (Å²) in [6, 6.07) is 0. The van der Waals surface area contributed by atoms with Crippen molar-refractivity contribution in [1.29, 1.82) is 0 Å². The van der Waals surface area contributed by atoms with Gasteiger partial charge in [0.2, 0.25) is 0 Å². The molecule has 0 atom stereocenters. The van der Waals surface area contributed by atoms with Gasteiger partial charge in [0.05, 0.1) is 0 Å². The molecule has 0 aliphatic carbocycles. The Bertz CT molecular complexity index is 230.